The lowest BCUT2D eigenvalue weighted by Crippen LogP contribution is -2.48. The summed E-state index contributed by atoms with van der Waals surface area (Å²) >= 11 is 1.49. The number of esters is 2. The van der Waals surface area contributed by atoms with Gasteiger partial charge in [0.1, 0.15) is 35.6 Å². The van der Waals surface area contributed by atoms with Crippen molar-refractivity contribution in [1.82, 2.24) is 4.90 Å². The van der Waals surface area contributed by atoms with E-state index < -0.39 is 29.8 Å². The van der Waals surface area contributed by atoms with Crippen LogP contribution in [0.3, 0.4) is 0 Å². The third-order valence-corrected chi connectivity index (χ3v) is 9.61. The highest BCUT2D eigenvalue weighted by molar-refractivity contribution is 7.22. The number of phenolic OH excluding ortho intramolecular Hbond substituents is 2. The first-order chi connectivity index (χ1) is 24.7. The summed E-state index contributed by atoms with van der Waals surface area (Å²) in [5, 5.41) is 23.8. The number of carbonyl (C=O) groups excluding carboxylic acids is 4. The molecule has 3 heterocycles. The van der Waals surface area contributed by atoms with Crippen LogP contribution in [0.5, 0.6) is 28.7 Å². The van der Waals surface area contributed by atoms with Crippen molar-refractivity contribution in [2.45, 2.75) is 25.3 Å². The quantitative estimate of drug-likeness (QED) is 0.0530. The molecule has 12 nitrogen and oxygen atoms in total. The number of fused-ring (bicyclic) bond motifs is 2. The fourth-order valence-electron chi connectivity index (χ4n) is 5.91. The Hall–Kier alpha value is -5.92. The molecule has 1 unspecified atom stereocenters. The van der Waals surface area contributed by atoms with E-state index in [9.17, 15) is 29.4 Å². The number of carbonyl (C=O) groups is 4. The zero-order valence-electron chi connectivity index (χ0n) is 27.1. The fraction of sp³-hybridized carbons (Fsp3) is 0.211. The number of imide groups is 1. The van der Waals surface area contributed by atoms with Crippen LogP contribution >= 0.6 is 11.3 Å². The highest BCUT2D eigenvalue weighted by atomic mass is 32.1. The molecule has 13 heteroatoms. The summed E-state index contributed by atoms with van der Waals surface area (Å²) in [6.07, 6.45) is 0.681. The average Bonchev–Trinajstić information content (AvgIpc) is 3.59. The molecule has 51 heavy (non-hydrogen) atoms. The minimum Gasteiger partial charge on any atom is -0.508 e. The number of aromatic hydroxyl groups is 2. The Kier molecular flexibility index (Phi) is 9.55. The first-order valence-electron chi connectivity index (χ1n) is 16.3. The molecule has 260 valence electrons. The maximum atomic E-state index is 13.0. The van der Waals surface area contributed by atoms with E-state index in [4.69, 9.17) is 14.2 Å². The van der Waals surface area contributed by atoms with E-state index in [1.54, 1.807) is 42.5 Å². The van der Waals surface area contributed by atoms with Crippen molar-refractivity contribution in [1.29, 1.82) is 0 Å². The van der Waals surface area contributed by atoms with Crippen LogP contribution in [0.2, 0.25) is 0 Å². The van der Waals surface area contributed by atoms with Gasteiger partial charge in [-0.05, 0) is 103 Å². The maximum absolute atomic E-state index is 13.0. The molecule has 0 spiro atoms. The lowest BCUT2D eigenvalue weighted by atomic mass is 10.1. The van der Waals surface area contributed by atoms with Gasteiger partial charge in [0.05, 0.1) is 22.6 Å². The predicted molar refractivity (Wildman–Crippen MR) is 188 cm³/mol. The molecule has 1 aromatic heterocycles. The van der Waals surface area contributed by atoms with Gasteiger partial charge in [0.2, 0.25) is 0 Å². The third-order valence-electron chi connectivity index (χ3n) is 8.43. The monoisotopic (exact) mass is 708 g/mol. The Balaban J connectivity index is 0.851. The van der Waals surface area contributed by atoms with Crippen LogP contribution in [0.4, 0.5) is 5.69 Å². The minimum atomic E-state index is -1.11. The van der Waals surface area contributed by atoms with E-state index in [-0.39, 0.29) is 35.5 Å². The number of nitrogens with one attached hydrogen (secondary N) is 1. The van der Waals surface area contributed by atoms with Gasteiger partial charge in [-0.15, -0.1) is 11.3 Å². The topological polar surface area (TPSA) is 161 Å². The lowest BCUT2D eigenvalue weighted by molar-refractivity contribution is -0.167. The second-order valence-corrected chi connectivity index (χ2v) is 12.9. The van der Waals surface area contributed by atoms with Gasteiger partial charge in [-0.3, -0.25) is 19.3 Å². The van der Waals surface area contributed by atoms with Crippen LogP contribution in [0.1, 0.15) is 40.0 Å². The highest BCUT2D eigenvalue weighted by Gasteiger charge is 2.45. The van der Waals surface area contributed by atoms with Gasteiger partial charge in [0.25, 0.3) is 11.8 Å². The van der Waals surface area contributed by atoms with Gasteiger partial charge in [-0.25, -0.2) is 4.79 Å². The van der Waals surface area contributed by atoms with Gasteiger partial charge in [-0.1, -0.05) is 0 Å². The molecule has 0 aliphatic carbocycles. The molecule has 2 aliphatic rings. The molecule has 5 aromatic rings. The second-order valence-electron chi connectivity index (χ2n) is 11.9. The molecule has 1 saturated heterocycles. The number of benzene rings is 4. The summed E-state index contributed by atoms with van der Waals surface area (Å²) in [4.78, 5) is 51.2. The molecule has 4 aromatic carbocycles. The molecule has 0 saturated carbocycles. The van der Waals surface area contributed by atoms with Crippen molar-refractivity contribution in [2.75, 3.05) is 31.7 Å². The van der Waals surface area contributed by atoms with Gasteiger partial charge in [0, 0.05) is 35.3 Å². The van der Waals surface area contributed by atoms with Crippen molar-refractivity contribution >= 4 is 50.9 Å². The maximum Gasteiger partial charge on any atom is 0.337 e. The van der Waals surface area contributed by atoms with Crippen LogP contribution in [-0.4, -0.2) is 71.3 Å². The Bertz CT molecular complexity index is 2130. The number of hydrogen-bond donors (Lipinski definition) is 3. The molecule has 2 aliphatic heterocycles. The summed E-state index contributed by atoms with van der Waals surface area (Å²) in [6, 6.07) is 23.0. The summed E-state index contributed by atoms with van der Waals surface area (Å²) in [5.74, 6) is -0.442. The number of phenols is 2. The van der Waals surface area contributed by atoms with Crippen LogP contribution < -0.4 is 14.8 Å². The minimum absolute atomic E-state index is 0.0406. The molecule has 3 N–H and O–H groups in total. The molecule has 2 amide bonds. The standard InChI is InChI=1S/C38H32N2O10S/c41-24-5-2-22(3-6-24)35-34(29-13-7-25(42)21-32(29)51-35)49-27-10-8-26(9-11-27)48-19-18-47-17-1-16-39-23-4-12-28-30(20-23)37(45)40(36(28)44)31-14-15-33(43)50-38(31)46/h2-13,20-21,31,39,41-42H,1,14-19H2. The Morgan fingerprint density at radius 1 is 0.804 bits per heavy atom. The molecular weight excluding hydrogens is 676 g/mol. The number of thiophene rings is 1. The van der Waals surface area contributed by atoms with Crippen LogP contribution in [0.15, 0.2) is 84.9 Å². The zero-order valence-corrected chi connectivity index (χ0v) is 27.9. The van der Waals surface area contributed by atoms with Crippen molar-refractivity contribution < 1.29 is 48.3 Å². The SMILES string of the molecule is O=C1CCC(N2C(=O)c3ccc(NCCCOCCOc4ccc(Oc5c(-c6ccc(O)cc6)sc6cc(O)ccc56)cc4)cc3C2=O)C(=O)O1. The van der Waals surface area contributed by atoms with E-state index in [1.807, 2.05) is 42.5 Å². The van der Waals surface area contributed by atoms with E-state index in [0.717, 1.165) is 25.4 Å². The Labute approximate surface area is 295 Å². The predicted octanol–water partition coefficient (Wildman–Crippen LogP) is 6.50. The van der Waals surface area contributed by atoms with Crippen LogP contribution in [0, 0.1) is 0 Å². The number of nitrogens with zero attached hydrogens (tertiary/aromatic N) is 1. The Morgan fingerprint density at radius 2 is 1.55 bits per heavy atom. The molecule has 0 radical (unpaired) electrons. The van der Waals surface area contributed by atoms with E-state index in [1.165, 1.54) is 11.3 Å². The van der Waals surface area contributed by atoms with Crippen molar-refractivity contribution in [3.63, 3.8) is 0 Å². The summed E-state index contributed by atoms with van der Waals surface area (Å²) in [6.45, 7) is 1.75. The largest absolute Gasteiger partial charge is 0.508 e. The molecule has 1 atom stereocenters. The first-order valence-corrected chi connectivity index (χ1v) is 17.1. The number of amides is 2. The number of hydrogen-bond acceptors (Lipinski definition) is 12. The van der Waals surface area contributed by atoms with Crippen molar-refractivity contribution in [3.8, 4) is 39.2 Å². The van der Waals surface area contributed by atoms with E-state index in [2.05, 4.69) is 10.1 Å². The number of rotatable bonds is 13. The smallest absolute Gasteiger partial charge is 0.337 e. The van der Waals surface area contributed by atoms with Crippen LogP contribution in [-0.2, 0) is 19.1 Å². The third kappa shape index (κ3) is 7.21. The first kappa shape index (κ1) is 33.6. The summed E-state index contributed by atoms with van der Waals surface area (Å²) in [5.41, 5.74) is 1.94. The van der Waals surface area contributed by atoms with E-state index in [0.29, 0.717) is 55.7 Å². The van der Waals surface area contributed by atoms with Crippen molar-refractivity contribution in [2.24, 2.45) is 0 Å². The normalized spacial score (nSPS) is 15.6. The zero-order chi connectivity index (χ0) is 35.5. The highest BCUT2D eigenvalue weighted by Crippen LogP contribution is 2.47. The summed E-state index contributed by atoms with van der Waals surface area (Å²) in [7, 11) is 0. The molecule has 1 fully saturated rings. The fourth-order valence-corrected chi connectivity index (χ4v) is 7.07. The lowest BCUT2D eigenvalue weighted by Gasteiger charge is -2.26. The van der Waals surface area contributed by atoms with Gasteiger partial charge in [-0.2, -0.15) is 0 Å². The summed E-state index contributed by atoms with van der Waals surface area (Å²) < 4.78 is 23.4. The van der Waals surface area contributed by atoms with E-state index >= 15 is 0 Å². The van der Waals surface area contributed by atoms with Gasteiger partial charge in [0.15, 0.2) is 5.75 Å². The second kappa shape index (κ2) is 14.5. The van der Waals surface area contributed by atoms with Gasteiger partial charge >= 0.3 is 11.9 Å². The van der Waals surface area contributed by atoms with Gasteiger partial charge < -0.3 is 34.5 Å². The number of cyclic esters (lactones) is 2. The number of anilines is 1. The molecular formula is C38H32N2O10S. The molecule has 7 rings (SSSR count). The van der Waals surface area contributed by atoms with Crippen LogP contribution in [0.25, 0.3) is 20.5 Å². The average molecular weight is 709 g/mol. The Morgan fingerprint density at radius 3 is 2.33 bits per heavy atom. The van der Waals surface area contributed by atoms with Crippen molar-refractivity contribution in [3.05, 3.63) is 96.1 Å². The number of ether oxygens (including phenoxy) is 4. The molecule has 0 bridgehead atoms.